The summed E-state index contributed by atoms with van der Waals surface area (Å²) in [5.74, 6) is 0. The number of pyridine rings is 1. The predicted molar refractivity (Wildman–Crippen MR) is 74.1 cm³/mol. The van der Waals surface area contributed by atoms with Crippen LogP contribution in [0.25, 0.3) is 0 Å². The maximum absolute atomic E-state index is 5.59. The molecular weight excluding hydrogens is 244 g/mol. The second kappa shape index (κ2) is 6.58. The molecule has 2 rings (SSSR count). The van der Waals surface area contributed by atoms with Crippen LogP contribution in [-0.2, 0) is 13.1 Å². The lowest BCUT2D eigenvalue weighted by Crippen LogP contribution is -2.20. The van der Waals surface area contributed by atoms with Crippen LogP contribution >= 0.6 is 11.3 Å². The van der Waals surface area contributed by atoms with Gasteiger partial charge < -0.3 is 11.1 Å². The zero-order valence-electron chi connectivity index (χ0n) is 10.5. The monoisotopic (exact) mass is 262 g/mol. The molecule has 2 aromatic rings. The van der Waals surface area contributed by atoms with Gasteiger partial charge in [-0.15, -0.1) is 11.3 Å². The van der Waals surface area contributed by atoms with Gasteiger partial charge >= 0.3 is 0 Å². The number of nitrogens with two attached hydrogens (primary N) is 1. The quantitative estimate of drug-likeness (QED) is 0.838. The molecule has 1 unspecified atom stereocenters. The Bertz CT molecular complexity index is 470. The zero-order valence-corrected chi connectivity index (χ0v) is 11.3. The number of thiazole rings is 1. The minimum atomic E-state index is 0.319. The predicted octanol–water partition coefficient (Wildman–Crippen LogP) is 2.24. The Morgan fingerprint density at radius 3 is 2.94 bits per heavy atom. The van der Waals surface area contributed by atoms with Crippen molar-refractivity contribution in [2.45, 2.75) is 32.5 Å². The van der Waals surface area contributed by atoms with Crippen molar-refractivity contribution in [1.82, 2.24) is 15.3 Å². The summed E-state index contributed by atoms with van der Waals surface area (Å²) in [6.45, 7) is 3.46. The first kappa shape index (κ1) is 13.1. The molecule has 0 aliphatic heterocycles. The summed E-state index contributed by atoms with van der Waals surface area (Å²) in [6, 6.07) is 4.38. The van der Waals surface area contributed by atoms with Crippen molar-refractivity contribution in [3.05, 3.63) is 46.2 Å². The van der Waals surface area contributed by atoms with Crippen LogP contribution in [0.1, 0.15) is 35.7 Å². The molecule has 2 heterocycles. The van der Waals surface area contributed by atoms with Crippen LogP contribution in [0.4, 0.5) is 0 Å². The van der Waals surface area contributed by atoms with Gasteiger partial charge in [-0.2, -0.15) is 0 Å². The molecule has 0 saturated heterocycles. The van der Waals surface area contributed by atoms with Crippen LogP contribution in [0.15, 0.2) is 29.9 Å². The summed E-state index contributed by atoms with van der Waals surface area (Å²) in [5, 5.41) is 6.68. The van der Waals surface area contributed by atoms with Crippen LogP contribution in [0.2, 0.25) is 0 Å². The molecule has 0 aliphatic rings. The molecule has 0 aromatic carbocycles. The normalized spacial score (nSPS) is 12.6. The minimum Gasteiger partial charge on any atom is -0.325 e. The molecule has 3 N–H and O–H groups in total. The highest BCUT2D eigenvalue weighted by Crippen LogP contribution is 2.19. The Morgan fingerprint density at radius 1 is 1.39 bits per heavy atom. The minimum absolute atomic E-state index is 0.319. The number of nitrogens with one attached hydrogen (secondary N) is 1. The summed E-state index contributed by atoms with van der Waals surface area (Å²) in [7, 11) is 0. The molecule has 0 amide bonds. The Hall–Kier alpha value is -1.30. The summed E-state index contributed by atoms with van der Waals surface area (Å²) in [6.07, 6.45) is 4.69. The highest BCUT2D eigenvalue weighted by atomic mass is 32.1. The standard InChI is InChI=1S/C13H18N4S/c1-2-12(13-16-5-6-18-13)17-9-10-3-4-15-11(7-10)8-14/h3-7,12,17H,2,8-9,14H2,1H3. The topological polar surface area (TPSA) is 63.8 Å². The fourth-order valence-corrected chi connectivity index (χ4v) is 2.60. The molecule has 0 spiro atoms. The molecule has 5 heteroatoms. The lowest BCUT2D eigenvalue weighted by molar-refractivity contribution is 0.516. The Kier molecular flexibility index (Phi) is 4.81. The highest BCUT2D eigenvalue weighted by molar-refractivity contribution is 7.09. The molecule has 96 valence electrons. The Balaban J connectivity index is 1.97. The van der Waals surface area contributed by atoms with E-state index in [1.54, 1.807) is 11.3 Å². The summed E-state index contributed by atoms with van der Waals surface area (Å²) in [4.78, 5) is 8.55. The van der Waals surface area contributed by atoms with Crippen molar-refractivity contribution in [3.8, 4) is 0 Å². The van der Waals surface area contributed by atoms with E-state index < -0.39 is 0 Å². The Labute approximate surface area is 111 Å². The molecule has 0 saturated carbocycles. The molecule has 18 heavy (non-hydrogen) atoms. The van der Waals surface area contributed by atoms with E-state index in [0.29, 0.717) is 12.6 Å². The summed E-state index contributed by atoms with van der Waals surface area (Å²) in [5.41, 5.74) is 7.72. The molecule has 0 aliphatic carbocycles. The van der Waals surface area contributed by atoms with Crippen molar-refractivity contribution in [3.63, 3.8) is 0 Å². The average molecular weight is 262 g/mol. The van der Waals surface area contributed by atoms with Crippen LogP contribution < -0.4 is 11.1 Å². The summed E-state index contributed by atoms with van der Waals surface area (Å²) >= 11 is 1.69. The van der Waals surface area contributed by atoms with E-state index in [1.807, 2.05) is 29.9 Å². The van der Waals surface area contributed by atoms with Crippen molar-refractivity contribution in [2.75, 3.05) is 0 Å². The molecule has 0 bridgehead atoms. The smallest absolute Gasteiger partial charge is 0.109 e. The van der Waals surface area contributed by atoms with Crippen molar-refractivity contribution in [1.29, 1.82) is 0 Å². The van der Waals surface area contributed by atoms with E-state index in [-0.39, 0.29) is 0 Å². The third kappa shape index (κ3) is 3.35. The van der Waals surface area contributed by atoms with Crippen molar-refractivity contribution >= 4 is 11.3 Å². The second-order valence-electron chi connectivity index (χ2n) is 4.07. The van der Waals surface area contributed by atoms with Gasteiger partial charge in [0.1, 0.15) is 5.01 Å². The zero-order chi connectivity index (χ0) is 12.8. The van der Waals surface area contributed by atoms with Gasteiger partial charge in [-0.25, -0.2) is 4.98 Å². The van der Waals surface area contributed by atoms with Crippen molar-refractivity contribution in [2.24, 2.45) is 5.73 Å². The van der Waals surface area contributed by atoms with Gasteiger partial charge in [0.15, 0.2) is 0 Å². The van der Waals surface area contributed by atoms with E-state index in [4.69, 9.17) is 5.73 Å². The number of nitrogens with zero attached hydrogens (tertiary/aromatic N) is 2. The van der Waals surface area contributed by atoms with Crippen LogP contribution in [0, 0.1) is 0 Å². The number of hydrogen-bond acceptors (Lipinski definition) is 5. The molecule has 1 atom stereocenters. The van der Waals surface area contributed by atoms with Gasteiger partial charge in [0.05, 0.1) is 11.7 Å². The summed E-state index contributed by atoms with van der Waals surface area (Å²) < 4.78 is 0. The highest BCUT2D eigenvalue weighted by Gasteiger charge is 2.10. The van der Waals surface area contributed by atoms with E-state index in [1.165, 1.54) is 5.56 Å². The number of rotatable bonds is 6. The number of aromatic nitrogens is 2. The fraction of sp³-hybridized carbons (Fsp3) is 0.385. The van der Waals surface area contributed by atoms with Gasteiger partial charge in [0, 0.05) is 30.9 Å². The van der Waals surface area contributed by atoms with Crippen LogP contribution in [0.3, 0.4) is 0 Å². The first-order chi connectivity index (χ1) is 8.83. The van der Waals surface area contributed by atoms with Gasteiger partial charge in [-0.1, -0.05) is 6.92 Å². The lowest BCUT2D eigenvalue weighted by Gasteiger charge is -2.14. The first-order valence-corrected chi connectivity index (χ1v) is 6.98. The van der Waals surface area contributed by atoms with Gasteiger partial charge in [-0.3, -0.25) is 4.98 Å². The molecule has 4 nitrogen and oxygen atoms in total. The third-order valence-corrected chi connectivity index (χ3v) is 3.69. The third-order valence-electron chi connectivity index (χ3n) is 2.80. The van der Waals surface area contributed by atoms with Crippen LogP contribution in [0.5, 0.6) is 0 Å². The maximum atomic E-state index is 5.59. The van der Waals surface area contributed by atoms with Gasteiger partial charge in [0.25, 0.3) is 0 Å². The van der Waals surface area contributed by atoms with Crippen LogP contribution in [-0.4, -0.2) is 9.97 Å². The maximum Gasteiger partial charge on any atom is 0.109 e. The van der Waals surface area contributed by atoms with Gasteiger partial charge in [0.2, 0.25) is 0 Å². The molecular formula is C13H18N4S. The van der Waals surface area contributed by atoms with Crippen molar-refractivity contribution < 1.29 is 0 Å². The lowest BCUT2D eigenvalue weighted by atomic mass is 10.2. The molecule has 0 fully saturated rings. The largest absolute Gasteiger partial charge is 0.325 e. The van der Waals surface area contributed by atoms with E-state index in [9.17, 15) is 0 Å². The first-order valence-electron chi connectivity index (χ1n) is 6.10. The SMILES string of the molecule is CCC(NCc1ccnc(CN)c1)c1nccs1. The van der Waals surface area contributed by atoms with Gasteiger partial charge in [-0.05, 0) is 24.1 Å². The molecule has 0 radical (unpaired) electrons. The number of hydrogen-bond donors (Lipinski definition) is 2. The molecule has 2 aromatic heterocycles. The average Bonchev–Trinajstić information content (AvgIpc) is 2.94. The van der Waals surface area contributed by atoms with E-state index >= 15 is 0 Å². The van der Waals surface area contributed by atoms with E-state index in [2.05, 4.69) is 22.2 Å². The second-order valence-corrected chi connectivity index (χ2v) is 5.00. The van der Waals surface area contributed by atoms with E-state index in [0.717, 1.165) is 23.7 Å². The Morgan fingerprint density at radius 2 is 2.28 bits per heavy atom. The fourth-order valence-electron chi connectivity index (χ4n) is 1.80.